The first-order chi connectivity index (χ1) is 10.8. The quantitative estimate of drug-likeness (QED) is 0.704. The molecule has 22 heavy (non-hydrogen) atoms. The minimum absolute atomic E-state index is 0.193. The summed E-state index contributed by atoms with van der Waals surface area (Å²) < 4.78 is 0. The van der Waals surface area contributed by atoms with E-state index in [0.717, 1.165) is 19.4 Å². The van der Waals surface area contributed by atoms with Crippen LogP contribution in [0, 0.1) is 5.92 Å². The largest absolute Gasteiger partial charge is 0.481 e. The van der Waals surface area contributed by atoms with Crippen LogP contribution in [0.1, 0.15) is 96.3 Å². The third-order valence-electron chi connectivity index (χ3n) is 4.90. The lowest BCUT2D eigenvalue weighted by atomic mass is 9.99. The molecule has 3 heteroatoms. The monoisotopic (exact) mass is 311 g/mol. The topological polar surface area (TPSA) is 49.3 Å². The van der Waals surface area contributed by atoms with Crippen LogP contribution in [0.25, 0.3) is 0 Å². The van der Waals surface area contributed by atoms with Gasteiger partial charge >= 0.3 is 5.97 Å². The lowest BCUT2D eigenvalue weighted by Gasteiger charge is -2.13. The molecule has 0 spiro atoms. The Balaban J connectivity index is 2.23. The van der Waals surface area contributed by atoms with Gasteiger partial charge in [-0.25, -0.2) is 0 Å². The molecule has 1 unspecified atom stereocenters. The molecule has 0 aliphatic carbocycles. The van der Waals surface area contributed by atoms with E-state index in [1.165, 1.54) is 83.5 Å². The summed E-state index contributed by atoms with van der Waals surface area (Å²) in [6.07, 6.45) is 19.3. The summed E-state index contributed by atoms with van der Waals surface area (Å²) in [7, 11) is 0. The zero-order chi connectivity index (χ0) is 15.9. The van der Waals surface area contributed by atoms with Crippen LogP contribution in [0.4, 0.5) is 0 Å². The molecule has 1 rings (SSSR count). The van der Waals surface area contributed by atoms with Crippen LogP contribution in [0.2, 0.25) is 0 Å². The molecule has 0 aromatic rings. The highest BCUT2D eigenvalue weighted by Crippen LogP contribution is 2.15. The second kappa shape index (κ2) is 14.0. The van der Waals surface area contributed by atoms with Gasteiger partial charge in [0, 0.05) is 6.54 Å². The van der Waals surface area contributed by atoms with E-state index in [1.807, 2.05) is 0 Å². The smallest absolute Gasteiger partial charge is 0.307 e. The number of aliphatic carboxylic acids is 1. The van der Waals surface area contributed by atoms with Gasteiger partial charge in [0.15, 0.2) is 0 Å². The van der Waals surface area contributed by atoms with E-state index >= 15 is 0 Å². The Morgan fingerprint density at radius 1 is 0.682 bits per heavy atom. The Bertz CT molecular complexity index is 248. The lowest BCUT2D eigenvalue weighted by Crippen LogP contribution is -2.29. The minimum atomic E-state index is -0.626. The third kappa shape index (κ3) is 11.1. The normalized spacial score (nSPS) is 25.5. The first-order valence-corrected chi connectivity index (χ1v) is 9.74. The third-order valence-corrected chi connectivity index (χ3v) is 4.90. The number of hydrogen-bond acceptors (Lipinski definition) is 2. The van der Waals surface area contributed by atoms with Crippen molar-refractivity contribution in [3.8, 4) is 0 Å². The lowest BCUT2D eigenvalue weighted by molar-refractivity contribution is -0.141. The average Bonchev–Trinajstić information content (AvgIpc) is 2.50. The van der Waals surface area contributed by atoms with Crippen LogP contribution in [0.5, 0.6) is 0 Å². The van der Waals surface area contributed by atoms with Gasteiger partial charge in [-0.05, 0) is 19.4 Å². The molecular formula is C19H37NO2. The average molecular weight is 312 g/mol. The molecule has 0 amide bonds. The number of hydrogen-bond donors (Lipinski definition) is 2. The molecule has 1 heterocycles. The van der Waals surface area contributed by atoms with Crippen LogP contribution < -0.4 is 5.32 Å². The second-order valence-corrected chi connectivity index (χ2v) is 6.98. The molecule has 1 aliphatic rings. The van der Waals surface area contributed by atoms with Crippen molar-refractivity contribution in [2.24, 2.45) is 5.92 Å². The highest BCUT2D eigenvalue weighted by molar-refractivity contribution is 5.70. The first-order valence-electron chi connectivity index (χ1n) is 9.74. The summed E-state index contributed by atoms with van der Waals surface area (Å²) in [4.78, 5) is 11.3. The van der Waals surface area contributed by atoms with Crippen LogP contribution in [0.15, 0.2) is 0 Å². The molecule has 130 valence electrons. The Kier molecular flexibility index (Phi) is 12.4. The van der Waals surface area contributed by atoms with Gasteiger partial charge in [0.25, 0.3) is 0 Å². The molecule has 1 fully saturated rings. The predicted molar refractivity (Wildman–Crippen MR) is 93.3 cm³/mol. The maximum absolute atomic E-state index is 11.3. The molecular weight excluding hydrogens is 274 g/mol. The molecule has 0 radical (unpaired) electrons. The van der Waals surface area contributed by atoms with Gasteiger partial charge in [-0.1, -0.05) is 83.5 Å². The van der Waals surface area contributed by atoms with E-state index in [1.54, 1.807) is 0 Å². The molecule has 2 N–H and O–H groups in total. The maximum atomic E-state index is 11.3. The highest BCUT2D eigenvalue weighted by Gasteiger charge is 2.16. The fourth-order valence-electron chi connectivity index (χ4n) is 3.35. The standard InChI is InChI=1S/C19H37NO2/c21-19(22)18-15-13-11-9-7-5-3-1-2-4-6-8-10-12-14-16-20-17-18/h18,20H,1-17H2,(H,21,22). The van der Waals surface area contributed by atoms with Gasteiger partial charge in [-0.3, -0.25) is 4.79 Å². The van der Waals surface area contributed by atoms with Gasteiger partial charge < -0.3 is 10.4 Å². The summed E-state index contributed by atoms with van der Waals surface area (Å²) in [5.41, 5.74) is 0. The summed E-state index contributed by atoms with van der Waals surface area (Å²) >= 11 is 0. The molecule has 0 aromatic carbocycles. The van der Waals surface area contributed by atoms with Gasteiger partial charge in [0.2, 0.25) is 0 Å². The number of carboxylic acid groups (broad SMARTS) is 1. The summed E-state index contributed by atoms with van der Waals surface area (Å²) in [6, 6.07) is 0. The Labute approximate surface area is 137 Å². The van der Waals surface area contributed by atoms with Crippen LogP contribution >= 0.6 is 0 Å². The molecule has 0 saturated carbocycles. The summed E-state index contributed by atoms with van der Waals surface area (Å²) in [5, 5.41) is 12.6. The SMILES string of the molecule is O=C(O)C1CCCCCCCCCCCCCCCCNC1. The minimum Gasteiger partial charge on any atom is -0.481 e. The fourth-order valence-corrected chi connectivity index (χ4v) is 3.35. The zero-order valence-corrected chi connectivity index (χ0v) is 14.5. The van der Waals surface area contributed by atoms with Gasteiger partial charge in [-0.15, -0.1) is 0 Å². The number of rotatable bonds is 1. The van der Waals surface area contributed by atoms with Crippen molar-refractivity contribution in [2.45, 2.75) is 96.3 Å². The van der Waals surface area contributed by atoms with Crippen LogP contribution in [-0.4, -0.2) is 24.2 Å². The Morgan fingerprint density at radius 2 is 1.09 bits per heavy atom. The van der Waals surface area contributed by atoms with E-state index in [9.17, 15) is 9.90 Å². The van der Waals surface area contributed by atoms with Gasteiger partial charge in [-0.2, -0.15) is 0 Å². The van der Waals surface area contributed by atoms with E-state index in [2.05, 4.69) is 5.32 Å². The molecule has 1 atom stereocenters. The van der Waals surface area contributed by atoms with Crippen molar-refractivity contribution in [3.05, 3.63) is 0 Å². The second-order valence-electron chi connectivity index (χ2n) is 6.98. The zero-order valence-electron chi connectivity index (χ0n) is 14.5. The van der Waals surface area contributed by atoms with E-state index in [-0.39, 0.29) is 5.92 Å². The predicted octanol–water partition coefficient (Wildman–Crippen LogP) is 5.14. The van der Waals surface area contributed by atoms with E-state index in [0.29, 0.717) is 6.54 Å². The van der Waals surface area contributed by atoms with Gasteiger partial charge in [0.05, 0.1) is 5.92 Å². The van der Waals surface area contributed by atoms with Crippen molar-refractivity contribution in [3.63, 3.8) is 0 Å². The molecule has 1 aliphatic heterocycles. The van der Waals surface area contributed by atoms with Crippen molar-refractivity contribution < 1.29 is 9.90 Å². The van der Waals surface area contributed by atoms with Crippen LogP contribution in [-0.2, 0) is 4.79 Å². The van der Waals surface area contributed by atoms with Gasteiger partial charge in [0.1, 0.15) is 0 Å². The fraction of sp³-hybridized carbons (Fsp3) is 0.947. The van der Waals surface area contributed by atoms with Crippen molar-refractivity contribution in [1.82, 2.24) is 5.32 Å². The van der Waals surface area contributed by atoms with E-state index < -0.39 is 5.97 Å². The Morgan fingerprint density at radius 3 is 1.55 bits per heavy atom. The Hall–Kier alpha value is -0.570. The van der Waals surface area contributed by atoms with Crippen LogP contribution in [0.3, 0.4) is 0 Å². The highest BCUT2D eigenvalue weighted by atomic mass is 16.4. The molecule has 0 aromatic heterocycles. The molecule has 0 bridgehead atoms. The number of carboxylic acids is 1. The van der Waals surface area contributed by atoms with Crippen molar-refractivity contribution >= 4 is 5.97 Å². The number of carbonyl (C=O) groups is 1. The maximum Gasteiger partial charge on any atom is 0.307 e. The summed E-state index contributed by atoms with van der Waals surface area (Å²) in [6.45, 7) is 1.62. The molecule has 3 nitrogen and oxygen atoms in total. The van der Waals surface area contributed by atoms with Crippen molar-refractivity contribution in [2.75, 3.05) is 13.1 Å². The number of nitrogens with one attached hydrogen (secondary N) is 1. The van der Waals surface area contributed by atoms with E-state index in [4.69, 9.17) is 0 Å². The summed E-state index contributed by atoms with van der Waals surface area (Å²) in [5.74, 6) is -0.819. The first kappa shape index (κ1) is 19.5. The molecule has 1 saturated heterocycles. The van der Waals surface area contributed by atoms with Crippen molar-refractivity contribution in [1.29, 1.82) is 0 Å².